The van der Waals surface area contributed by atoms with E-state index in [-0.39, 0.29) is 11.5 Å². The third-order valence-corrected chi connectivity index (χ3v) is 9.51. The molecule has 3 nitrogen and oxygen atoms in total. The van der Waals surface area contributed by atoms with E-state index in [4.69, 9.17) is 0 Å². The molecule has 3 heteroatoms. The SMILES string of the molecule is CC1(C)c2ccccc2-c2ccc3c(c4c(n3C3C=CC=C(c5cccc(-c6cccnc6C#N)c5)C3)CCC=C4)c21. The van der Waals surface area contributed by atoms with Crippen molar-refractivity contribution in [2.75, 3.05) is 0 Å². The summed E-state index contributed by atoms with van der Waals surface area (Å²) >= 11 is 0. The highest BCUT2D eigenvalue weighted by Crippen LogP contribution is 2.53. The van der Waals surface area contributed by atoms with Gasteiger partial charge in [0.1, 0.15) is 11.8 Å². The second kappa shape index (κ2) is 9.29. The zero-order chi connectivity index (χ0) is 28.4. The molecule has 1 unspecified atom stereocenters. The lowest BCUT2D eigenvalue weighted by atomic mass is 9.80. The van der Waals surface area contributed by atoms with Crippen LogP contribution in [0.1, 0.15) is 66.4 Å². The third-order valence-electron chi connectivity index (χ3n) is 9.51. The van der Waals surface area contributed by atoms with Crippen molar-refractivity contribution in [2.45, 2.75) is 44.6 Å². The van der Waals surface area contributed by atoms with E-state index >= 15 is 0 Å². The van der Waals surface area contributed by atoms with Crippen LogP contribution in [-0.2, 0) is 11.8 Å². The zero-order valence-corrected chi connectivity index (χ0v) is 23.9. The second-order valence-corrected chi connectivity index (χ2v) is 12.2. The summed E-state index contributed by atoms with van der Waals surface area (Å²) in [5.74, 6) is 0. The molecule has 3 aromatic carbocycles. The molecule has 0 saturated heterocycles. The number of nitrogens with zero attached hydrogens (tertiary/aromatic N) is 3. The van der Waals surface area contributed by atoms with E-state index in [1.165, 1.54) is 55.6 Å². The minimum Gasteiger partial charge on any atom is -0.337 e. The fraction of sp³-hybridized carbons (Fsp3) is 0.179. The zero-order valence-electron chi connectivity index (χ0n) is 23.9. The Morgan fingerprint density at radius 1 is 0.929 bits per heavy atom. The number of allylic oxidation sites excluding steroid dienone is 5. The Kier molecular flexibility index (Phi) is 5.49. The molecule has 0 saturated carbocycles. The molecule has 1 atom stereocenters. The van der Waals surface area contributed by atoms with Crippen molar-refractivity contribution in [3.63, 3.8) is 0 Å². The largest absolute Gasteiger partial charge is 0.337 e. The summed E-state index contributed by atoms with van der Waals surface area (Å²) in [6, 6.07) is 28.6. The molecule has 8 rings (SSSR count). The van der Waals surface area contributed by atoms with Crippen LogP contribution >= 0.6 is 0 Å². The van der Waals surface area contributed by atoms with E-state index in [0.29, 0.717) is 5.69 Å². The van der Waals surface area contributed by atoms with Gasteiger partial charge in [0, 0.05) is 39.3 Å². The highest BCUT2D eigenvalue weighted by molar-refractivity contribution is 6.02. The summed E-state index contributed by atoms with van der Waals surface area (Å²) in [5, 5.41) is 11.0. The number of hydrogen-bond acceptors (Lipinski definition) is 2. The molecule has 0 spiro atoms. The number of pyridine rings is 1. The normalized spacial score (nSPS) is 17.8. The van der Waals surface area contributed by atoms with Gasteiger partial charge in [-0.1, -0.05) is 92.8 Å². The molecule has 0 aliphatic heterocycles. The molecule has 0 bridgehead atoms. The predicted octanol–water partition coefficient (Wildman–Crippen LogP) is 9.43. The summed E-state index contributed by atoms with van der Waals surface area (Å²) in [7, 11) is 0. The van der Waals surface area contributed by atoms with E-state index in [9.17, 15) is 5.26 Å². The summed E-state index contributed by atoms with van der Waals surface area (Å²) in [5.41, 5.74) is 14.6. The van der Waals surface area contributed by atoms with E-state index in [1.807, 2.05) is 12.1 Å². The maximum atomic E-state index is 9.62. The first-order valence-electron chi connectivity index (χ1n) is 14.9. The number of fused-ring (bicyclic) bond motifs is 7. The molecule has 3 aliphatic rings. The fourth-order valence-electron chi connectivity index (χ4n) is 7.66. The summed E-state index contributed by atoms with van der Waals surface area (Å²) in [6.45, 7) is 4.78. The van der Waals surface area contributed by atoms with Gasteiger partial charge in [-0.05, 0) is 82.5 Å². The Bertz CT molecular complexity index is 2060. The van der Waals surface area contributed by atoms with E-state index in [2.05, 4.69) is 121 Å². The standard InChI is InChI=1S/C39H31N3/c1-39(2)33-17-5-3-14-30(33)31-19-20-36-37(38(31)39)32-15-4-6-18-35(32)42(36)28-13-8-11-26(23-28)25-10-7-12-27(22-25)29-16-9-21-41-34(29)24-40/h3-5,7-17,19-22,28H,6,18,23H2,1-2H3. The van der Waals surface area contributed by atoms with Crippen LogP contribution in [0.15, 0.2) is 103 Å². The van der Waals surface area contributed by atoms with Crippen LogP contribution in [-0.4, -0.2) is 9.55 Å². The van der Waals surface area contributed by atoms with Crippen molar-refractivity contribution in [2.24, 2.45) is 0 Å². The molecular formula is C39H31N3. The molecule has 0 radical (unpaired) electrons. The van der Waals surface area contributed by atoms with Gasteiger partial charge in [-0.15, -0.1) is 0 Å². The lowest BCUT2D eigenvalue weighted by molar-refractivity contribution is 0.605. The molecule has 3 aliphatic carbocycles. The summed E-state index contributed by atoms with van der Waals surface area (Å²) < 4.78 is 2.63. The Hall–Kier alpha value is -4.94. The molecule has 5 aromatic rings. The highest BCUT2D eigenvalue weighted by Gasteiger charge is 2.39. The fourth-order valence-corrected chi connectivity index (χ4v) is 7.66. The first-order valence-corrected chi connectivity index (χ1v) is 14.9. The molecule has 0 N–H and O–H groups in total. The van der Waals surface area contributed by atoms with Crippen LogP contribution in [0, 0.1) is 11.3 Å². The van der Waals surface area contributed by atoms with Gasteiger partial charge in [0.2, 0.25) is 0 Å². The van der Waals surface area contributed by atoms with Gasteiger partial charge < -0.3 is 4.57 Å². The Morgan fingerprint density at radius 3 is 2.69 bits per heavy atom. The number of hydrogen-bond donors (Lipinski definition) is 0. The molecule has 42 heavy (non-hydrogen) atoms. The molecule has 0 amide bonds. The maximum absolute atomic E-state index is 9.62. The number of nitriles is 1. The van der Waals surface area contributed by atoms with Gasteiger partial charge >= 0.3 is 0 Å². The lowest BCUT2D eigenvalue weighted by Gasteiger charge is -2.25. The molecule has 2 heterocycles. The number of benzene rings is 3. The summed E-state index contributed by atoms with van der Waals surface area (Å²) in [4.78, 5) is 4.28. The monoisotopic (exact) mass is 541 g/mol. The second-order valence-electron chi connectivity index (χ2n) is 12.2. The molecular weight excluding hydrogens is 510 g/mol. The minimum atomic E-state index is -0.0564. The molecule has 202 valence electrons. The van der Waals surface area contributed by atoms with Gasteiger partial charge in [0.15, 0.2) is 0 Å². The van der Waals surface area contributed by atoms with Gasteiger partial charge in [0.25, 0.3) is 0 Å². The topological polar surface area (TPSA) is 41.6 Å². The van der Waals surface area contributed by atoms with Crippen molar-refractivity contribution >= 4 is 22.6 Å². The van der Waals surface area contributed by atoms with Gasteiger partial charge in [0.05, 0.1) is 6.04 Å². The van der Waals surface area contributed by atoms with Gasteiger partial charge in [-0.2, -0.15) is 5.26 Å². The van der Waals surface area contributed by atoms with Crippen LogP contribution in [0.3, 0.4) is 0 Å². The van der Waals surface area contributed by atoms with Crippen molar-refractivity contribution in [3.05, 3.63) is 137 Å². The average molecular weight is 542 g/mol. The van der Waals surface area contributed by atoms with E-state index < -0.39 is 0 Å². The first-order chi connectivity index (χ1) is 20.6. The summed E-state index contributed by atoms with van der Waals surface area (Å²) in [6.07, 6.45) is 16.3. The van der Waals surface area contributed by atoms with Crippen LogP contribution in [0.25, 0.3) is 44.8 Å². The van der Waals surface area contributed by atoms with Crippen LogP contribution in [0.5, 0.6) is 0 Å². The third kappa shape index (κ3) is 3.55. The highest BCUT2D eigenvalue weighted by atomic mass is 15.0. The van der Waals surface area contributed by atoms with Crippen molar-refractivity contribution < 1.29 is 0 Å². The minimum absolute atomic E-state index is 0.0564. The van der Waals surface area contributed by atoms with Crippen molar-refractivity contribution in [1.82, 2.24) is 9.55 Å². The van der Waals surface area contributed by atoms with Crippen LogP contribution < -0.4 is 0 Å². The Balaban J connectivity index is 1.24. The van der Waals surface area contributed by atoms with Crippen LogP contribution in [0.4, 0.5) is 0 Å². The molecule has 2 aromatic heterocycles. The smallest absolute Gasteiger partial charge is 0.148 e. The van der Waals surface area contributed by atoms with Crippen molar-refractivity contribution in [3.8, 4) is 28.3 Å². The lowest BCUT2D eigenvalue weighted by Crippen LogP contribution is -2.15. The molecule has 0 fully saturated rings. The number of aromatic nitrogens is 2. The average Bonchev–Trinajstić information content (AvgIpc) is 3.50. The maximum Gasteiger partial charge on any atom is 0.148 e. The quantitative estimate of drug-likeness (QED) is 0.228. The van der Waals surface area contributed by atoms with Gasteiger partial charge in [-0.3, -0.25) is 0 Å². The van der Waals surface area contributed by atoms with Crippen molar-refractivity contribution in [1.29, 1.82) is 5.26 Å². The van der Waals surface area contributed by atoms with E-state index in [1.54, 1.807) is 6.20 Å². The Morgan fingerprint density at radius 2 is 1.79 bits per heavy atom. The first kappa shape index (κ1) is 24.8. The van der Waals surface area contributed by atoms with Gasteiger partial charge in [-0.25, -0.2) is 4.98 Å². The predicted molar refractivity (Wildman–Crippen MR) is 172 cm³/mol. The van der Waals surface area contributed by atoms with E-state index in [0.717, 1.165) is 30.4 Å². The Labute approximate surface area is 246 Å². The van der Waals surface area contributed by atoms with Crippen LogP contribution in [0.2, 0.25) is 0 Å². The number of rotatable bonds is 3.